The van der Waals surface area contributed by atoms with Crippen LogP contribution in [0.1, 0.15) is 5.56 Å². The Morgan fingerprint density at radius 2 is 1.86 bits per heavy atom. The van der Waals surface area contributed by atoms with Gasteiger partial charge in [0.25, 0.3) is 10.0 Å². The highest BCUT2D eigenvalue weighted by Gasteiger charge is 2.18. The number of halogens is 3. The van der Waals surface area contributed by atoms with Gasteiger partial charge < -0.3 is 5.73 Å². The highest BCUT2D eigenvalue weighted by Crippen LogP contribution is 2.30. The van der Waals surface area contributed by atoms with Crippen LogP contribution in [0.2, 0.25) is 10.0 Å². The predicted octanol–water partition coefficient (Wildman–Crippen LogP) is 4.45. The summed E-state index contributed by atoms with van der Waals surface area (Å²) in [7, 11) is -3.77. The Kier molecular flexibility index (Phi) is 4.72. The molecule has 4 nitrogen and oxygen atoms in total. The number of aryl methyl sites for hydroxylation is 1. The van der Waals surface area contributed by atoms with E-state index in [1.54, 1.807) is 25.1 Å². The molecule has 0 spiro atoms. The summed E-state index contributed by atoms with van der Waals surface area (Å²) >= 11 is 15.0. The fourth-order valence-electron chi connectivity index (χ4n) is 1.69. The molecule has 21 heavy (non-hydrogen) atoms. The lowest BCUT2D eigenvalue weighted by molar-refractivity contribution is 0.601. The number of sulfonamides is 1. The smallest absolute Gasteiger partial charge is 0.262 e. The summed E-state index contributed by atoms with van der Waals surface area (Å²) in [5.74, 6) is 0. The zero-order valence-electron chi connectivity index (χ0n) is 10.8. The van der Waals surface area contributed by atoms with E-state index in [2.05, 4.69) is 20.7 Å². The fraction of sp³-hybridized carbons (Fsp3) is 0.0769. The van der Waals surface area contributed by atoms with Gasteiger partial charge in [0.2, 0.25) is 0 Å². The zero-order chi connectivity index (χ0) is 15.8. The van der Waals surface area contributed by atoms with Crippen LogP contribution in [0.15, 0.2) is 39.7 Å². The van der Waals surface area contributed by atoms with Gasteiger partial charge in [0.1, 0.15) is 0 Å². The molecule has 0 atom stereocenters. The SMILES string of the molecule is Cc1cc(S(=O)(=O)Nc2ccc(Cl)cc2Br)cc(N)c1Cl. The molecule has 0 saturated carbocycles. The molecule has 0 aliphatic rings. The van der Waals surface area contributed by atoms with Gasteiger partial charge in [-0.1, -0.05) is 23.2 Å². The van der Waals surface area contributed by atoms with E-state index in [0.29, 0.717) is 25.8 Å². The largest absolute Gasteiger partial charge is 0.397 e. The maximum atomic E-state index is 12.4. The van der Waals surface area contributed by atoms with Crippen LogP contribution in [0.5, 0.6) is 0 Å². The third-order valence-corrected chi connectivity index (χ3v) is 5.49. The monoisotopic (exact) mass is 408 g/mol. The van der Waals surface area contributed by atoms with E-state index in [-0.39, 0.29) is 10.6 Å². The second kappa shape index (κ2) is 6.04. The molecule has 0 aliphatic heterocycles. The van der Waals surface area contributed by atoms with E-state index >= 15 is 0 Å². The van der Waals surface area contributed by atoms with Gasteiger partial charge in [-0.15, -0.1) is 0 Å². The van der Waals surface area contributed by atoms with Crippen molar-refractivity contribution in [3.63, 3.8) is 0 Å². The first-order chi connectivity index (χ1) is 9.70. The number of rotatable bonds is 3. The van der Waals surface area contributed by atoms with Crippen molar-refractivity contribution in [2.45, 2.75) is 11.8 Å². The van der Waals surface area contributed by atoms with Crippen LogP contribution in [0, 0.1) is 6.92 Å². The van der Waals surface area contributed by atoms with Crippen LogP contribution >= 0.6 is 39.1 Å². The van der Waals surface area contributed by atoms with Crippen LogP contribution in [-0.2, 0) is 10.0 Å². The molecular weight excluding hydrogens is 399 g/mol. The summed E-state index contributed by atoms with van der Waals surface area (Å²) < 4.78 is 27.8. The average molecular weight is 410 g/mol. The van der Waals surface area contributed by atoms with E-state index in [1.807, 2.05) is 0 Å². The van der Waals surface area contributed by atoms with E-state index in [1.165, 1.54) is 12.1 Å². The summed E-state index contributed by atoms with van der Waals surface area (Å²) in [6.07, 6.45) is 0. The molecule has 0 fully saturated rings. The molecule has 2 aromatic carbocycles. The lowest BCUT2D eigenvalue weighted by Gasteiger charge is -2.12. The molecule has 8 heteroatoms. The Bertz CT molecular complexity index is 787. The van der Waals surface area contributed by atoms with E-state index in [9.17, 15) is 8.42 Å². The van der Waals surface area contributed by atoms with Crippen LogP contribution in [-0.4, -0.2) is 8.42 Å². The van der Waals surface area contributed by atoms with Crippen LogP contribution < -0.4 is 10.5 Å². The minimum Gasteiger partial charge on any atom is -0.397 e. The Labute approximate surface area is 141 Å². The highest BCUT2D eigenvalue weighted by molar-refractivity contribution is 9.10. The van der Waals surface area contributed by atoms with Gasteiger partial charge >= 0.3 is 0 Å². The summed E-state index contributed by atoms with van der Waals surface area (Å²) in [5.41, 5.74) is 6.90. The first kappa shape index (κ1) is 16.4. The van der Waals surface area contributed by atoms with Crippen LogP contribution in [0.25, 0.3) is 0 Å². The van der Waals surface area contributed by atoms with Gasteiger partial charge in [-0.3, -0.25) is 4.72 Å². The van der Waals surface area contributed by atoms with Crippen LogP contribution in [0.3, 0.4) is 0 Å². The molecule has 112 valence electrons. The highest BCUT2D eigenvalue weighted by atomic mass is 79.9. The average Bonchev–Trinajstić information content (AvgIpc) is 2.38. The Balaban J connectivity index is 2.43. The van der Waals surface area contributed by atoms with E-state index in [4.69, 9.17) is 28.9 Å². The molecule has 0 radical (unpaired) electrons. The molecule has 0 heterocycles. The third kappa shape index (κ3) is 3.63. The van der Waals surface area contributed by atoms with Crippen molar-refractivity contribution in [3.05, 3.63) is 50.4 Å². The number of nitrogen functional groups attached to an aromatic ring is 1. The van der Waals surface area contributed by atoms with Gasteiger partial charge in [-0.05, 0) is 58.7 Å². The van der Waals surface area contributed by atoms with E-state index < -0.39 is 10.0 Å². The number of hydrogen-bond acceptors (Lipinski definition) is 3. The predicted molar refractivity (Wildman–Crippen MR) is 90.6 cm³/mol. The minimum atomic E-state index is -3.77. The van der Waals surface area contributed by atoms with Gasteiger partial charge in [-0.2, -0.15) is 0 Å². The number of anilines is 2. The molecule has 0 bridgehead atoms. The summed E-state index contributed by atoms with van der Waals surface area (Å²) in [4.78, 5) is 0.0451. The quantitative estimate of drug-likeness (QED) is 0.735. The maximum Gasteiger partial charge on any atom is 0.262 e. The van der Waals surface area contributed by atoms with Crippen molar-refractivity contribution in [3.8, 4) is 0 Å². The molecule has 0 saturated heterocycles. The number of hydrogen-bond donors (Lipinski definition) is 2. The van der Waals surface area contributed by atoms with Crippen molar-refractivity contribution in [2.75, 3.05) is 10.5 Å². The maximum absolute atomic E-state index is 12.4. The molecule has 0 unspecified atom stereocenters. The summed E-state index contributed by atoms with van der Waals surface area (Å²) in [6.45, 7) is 1.69. The lowest BCUT2D eigenvalue weighted by atomic mass is 10.2. The minimum absolute atomic E-state index is 0.0451. The van der Waals surface area contributed by atoms with Crippen molar-refractivity contribution in [1.82, 2.24) is 0 Å². The molecular formula is C13H11BrCl2N2O2S. The van der Waals surface area contributed by atoms with Crippen LogP contribution in [0.4, 0.5) is 11.4 Å². The number of nitrogens with two attached hydrogens (primary N) is 1. The normalized spacial score (nSPS) is 11.4. The summed E-state index contributed by atoms with van der Waals surface area (Å²) in [6, 6.07) is 7.54. The summed E-state index contributed by atoms with van der Waals surface area (Å²) in [5, 5.41) is 0.845. The van der Waals surface area contributed by atoms with Crippen molar-refractivity contribution in [2.24, 2.45) is 0 Å². The zero-order valence-corrected chi connectivity index (χ0v) is 14.7. The first-order valence-corrected chi connectivity index (χ1v) is 8.77. The van der Waals surface area contributed by atoms with E-state index in [0.717, 1.165) is 0 Å². The molecule has 3 N–H and O–H groups in total. The van der Waals surface area contributed by atoms with Gasteiger partial charge in [0.15, 0.2) is 0 Å². The Hall–Kier alpha value is -0.950. The Morgan fingerprint density at radius 1 is 1.19 bits per heavy atom. The molecule has 2 rings (SSSR count). The molecule has 0 amide bonds. The first-order valence-electron chi connectivity index (χ1n) is 5.74. The molecule has 0 aliphatic carbocycles. The van der Waals surface area contributed by atoms with Gasteiger partial charge in [0, 0.05) is 9.50 Å². The van der Waals surface area contributed by atoms with Gasteiger partial charge in [0.05, 0.1) is 21.3 Å². The van der Waals surface area contributed by atoms with Gasteiger partial charge in [-0.25, -0.2) is 8.42 Å². The van der Waals surface area contributed by atoms with Crippen molar-refractivity contribution < 1.29 is 8.42 Å². The standard InChI is InChI=1S/C13H11BrCl2N2O2S/c1-7-4-9(6-11(17)13(7)16)21(19,20)18-12-3-2-8(15)5-10(12)14/h2-6,18H,17H2,1H3. The number of benzene rings is 2. The topological polar surface area (TPSA) is 72.2 Å². The Morgan fingerprint density at radius 3 is 2.43 bits per heavy atom. The van der Waals surface area contributed by atoms with Crippen molar-refractivity contribution >= 4 is 60.5 Å². The third-order valence-electron chi connectivity index (χ3n) is 2.74. The second-order valence-electron chi connectivity index (χ2n) is 4.37. The lowest BCUT2D eigenvalue weighted by Crippen LogP contribution is -2.14. The van der Waals surface area contributed by atoms with Crippen molar-refractivity contribution in [1.29, 1.82) is 0 Å². The molecule has 2 aromatic rings. The molecule has 0 aromatic heterocycles. The second-order valence-corrected chi connectivity index (χ2v) is 7.72. The number of nitrogens with one attached hydrogen (secondary N) is 1. The fourth-order valence-corrected chi connectivity index (χ4v) is 3.92.